The number of carbonyl (C=O) groups is 1. The standard InChI is InChI=1S/C14H19ClN2O4/c1-14(2,3)7-9(8-18)16-13(19)11-5-4-10(17(20)21)6-12(11)15/h4-6,9,18H,7-8H2,1-3H3,(H,16,19). The summed E-state index contributed by atoms with van der Waals surface area (Å²) in [4.78, 5) is 22.2. The van der Waals surface area contributed by atoms with Crippen molar-refractivity contribution in [3.05, 3.63) is 38.9 Å². The molecule has 21 heavy (non-hydrogen) atoms. The van der Waals surface area contributed by atoms with Crippen LogP contribution in [0.1, 0.15) is 37.6 Å². The maximum Gasteiger partial charge on any atom is 0.270 e. The molecule has 0 radical (unpaired) electrons. The molecular formula is C14H19ClN2O4. The van der Waals surface area contributed by atoms with Crippen LogP contribution in [0.3, 0.4) is 0 Å². The highest BCUT2D eigenvalue weighted by atomic mass is 35.5. The zero-order valence-electron chi connectivity index (χ0n) is 12.2. The van der Waals surface area contributed by atoms with E-state index in [1.165, 1.54) is 12.1 Å². The van der Waals surface area contributed by atoms with E-state index in [1.807, 2.05) is 20.8 Å². The average molecular weight is 315 g/mol. The van der Waals surface area contributed by atoms with E-state index in [2.05, 4.69) is 5.32 Å². The summed E-state index contributed by atoms with van der Waals surface area (Å²) in [7, 11) is 0. The Morgan fingerprint density at radius 1 is 1.48 bits per heavy atom. The van der Waals surface area contributed by atoms with Crippen LogP contribution in [-0.4, -0.2) is 28.6 Å². The number of nitrogens with one attached hydrogen (secondary N) is 1. The predicted molar refractivity (Wildman–Crippen MR) is 80.5 cm³/mol. The van der Waals surface area contributed by atoms with Crippen LogP contribution in [0.5, 0.6) is 0 Å². The van der Waals surface area contributed by atoms with E-state index >= 15 is 0 Å². The second-order valence-corrected chi connectivity index (χ2v) is 6.45. The molecule has 0 aliphatic carbocycles. The van der Waals surface area contributed by atoms with Crippen molar-refractivity contribution in [1.82, 2.24) is 5.32 Å². The summed E-state index contributed by atoms with van der Waals surface area (Å²) in [6.07, 6.45) is 0.597. The van der Waals surface area contributed by atoms with Gasteiger partial charge in [-0.25, -0.2) is 0 Å². The van der Waals surface area contributed by atoms with Crippen LogP contribution in [-0.2, 0) is 0 Å². The van der Waals surface area contributed by atoms with Gasteiger partial charge in [0.1, 0.15) is 0 Å². The lowest BCUT2D eigenvalue weighted by Gasteiger charge is -2.25. The maximum atomic E-state index is 12.1. The van der Waals surface area contributed by atoms with Gasteiger partial charge in [-0.1, -0.05) is 32.4 Å². The fraction of sp³-hybridized carbons (Fsp3) is 0.500. The second kappa shape index (κ2) is 6.87. The van der Waals surface area contributed by atoms with Gasteiger partial charge in [-0.2, -0.15) is 0 Å². The highest BCUT2D eigenvalue weighted by Gasteiger charge is 2.22. The number of benzene rings is 1. The molecule has 1 aromatic rings. The van der Waals surface area contributed by atoms with Crippen molar-refractivity contribution < 1.29 is 14.8 Å². The Morgan fingerprint density at radius 3 is 2.52 bits per heavy atom. The minimum absolute atomic E-state index is 0.00847. The zero-order valence-corrected chi connectivity index (χ0v) is 13.0. The summed E-state index contributed by atoms with van der Waals surface area (Å²) in [6, 6.07) is 3.26. The number of non-ortho nitro benzene ring substituents is 1. The van der Waals surface area contributed by atoms with E-state index in [-0.39, 0.29) is 28.3 Å². The molecule has 0 aliphatic rings. The molecule has 2 N–H and O–H groups in total. The molecule has 7 heteroatoms. The van der Waals surface area contributed by atoms with E-state index in [0.29, 0.717) is 6.42 Å². The Morgan fingerprint density at radius 2 is 2.10 bits per heavy atom. The van der Waals surface area contributed by atoms with Gasteiger partial charge in [0.05, 0.1) is 28.2 Å². The summed E-state index contributed by atoms with van der Waals surface area (Å²) in [6.45, 7) is 5.82. The quantitative estimate of drug-likeness (QED) is 0.645. The third kappa shape index (κ3) is 5.32. The Kier molecular flexibility index (Phi) is 5.69. The first kappa shape index (κ1) is 17.4. The number of hydrogen-bond acceptors (Lipinski definition) is 4. The molecule has 0 aromatic heterocycles. The number of amides is 1. The highest BCUT2D eigenvalue weighted by Crippen LogP contribution is 2.24. The molecule has 1 rings (SSSR count). The molecule has 0 heterocycles. The summed E-state index contributed by atoms with van der Waals surface area (Å²) < 4.78 is 0. The second-order valence-electron chi connectivity index (χ2n) is 6.04. The van der Waals surface area contributed by atoms with Gasteiger partial charge in [0, 0.05) is 12.1 Å². The van der Waals surface area contributed by atoms with Crippen LogP contribution in [0.25, 0.3) is 0 Å². The molecule has 0 saturated heterocycles. The van der Waals surface area contributed by atoms with Crippen LogP contribution in [0.15, 0.2) is 18.2 Å². The molecule has 1 atom stereocenters. The van der Waals surface area contributed by atoms with Gasteiger partial charge in [-0.05, 0) is 17.9 Å². The van der Waals surface area contributed by atoms with Crippen molar-refractivity contribution in [2.75, 3.05) is 6.61 Å². The van der Waals surface area contributed by atoms with Crippen molar-refractivity contribution in [3.8, 4) is 0 Å². The van der Waals surface area contributed by atoms with Gasteiger partial charge in [-0.15, -0.1) is 0 Å². The number of hydrogen-bond donors (Lipinski definition) is 2. The SMILES string of the molecule is CC(C)(C)CC(CO)NC(=O)c1ccc([N+](=O)[O-])cc1Cl. The predicted octanol–water partition coefficient (Wildman–Crippen LogP) is 2.78. The van der Waals surface area contributed by atoms with Gasteiger partial charge in [0.2, 0.25) is 0 Å². The number of halogens is 1. The van der Waals surface area contributed by atoms with Gasteiger partial charge in [-0.3, -0.25) is 14.9 Å². The van der Waals surface area contributed by atoms with E-state index in [0.717, 1.165) is 6.07 Å². The third-order valence-corrected chi connectivity index (χ3v) is 3.14. The molecule has 0 aliphatic heterocycles. The number of rotatable bonds is 5. The number of aliphatic hydroxyl groups is 1. The number of nitro groups is 1. The molecule has 1 aromatic carbocycles. The van der Waals surface area contributed by atoms with E-state index in [4.69, 9.17) is 11.6 Å². The number of nitrogens with zero attached hydrogens (tertiary/aromatic N) is 1. The van der Waals surface area contributed by atoms with E-state index in [9.17, 15) is 20.0 Å². The Bertz CT molecular complexity index is 540. The average Bonchev–Trinajstić information content (AvgIpc) is 2.35. The smallest absolute Gasteiger partial charge is 0.270 e. The van der Waals surface area contributed by atoms with E-state index in [1.54, 1.807) is 0 Å². The fourth-order valence-electron chi connectivity index (χ4n) is 1.97. The topological polar surface area (TPSA) is 92.5 Å². The number of carbonyl (C=O) groups excluding carboxylic acids is 1. The molecule has 1 amide bonds. The van der Waals surface area contributed by atoms with Gasteiger partial charge < -0.3 is 10.4 Å². The summed E-state index contributed by atoms with van der Waals surface area (Å²) in [5.41, 5.74) is -0.0838. The first-order valence-corrected chi connectivity index (χ1v) is 6.87. The molecular weight excluding hydrogens is 296 g/mol. The van der Waals surface area contributed by atoms with Crippen molar-refractivity contribution in [1.29, 1.82) is 0 Å². The van der Waals surface area contributed by atoms with E-state index < -0.39 is 16.9 Å². The molecule has 6 nitrogen and oxygen atoms in total. The van der Waals surface area contributed by atoms with Crippen LogP contribution in [0.4, 0.5) is 5.69 Å². The molecule has 1 unspecified atom stereocenters. The molecule has 0 spiro atoms. The largest absolute Gasteiger partial charge is 0.394 e. The summed E-state index contributed by atoms with van der Waals surface area (Å²) in [5, 5.41) is 22.7. The zero-order chi connectivity index (χ0) is 16.2. The Labute approximate surface area is 128 Å². The molecule has 0 saturated carbocycles. The van der Waals surface area contributed by atoms with Crippen molar-refractivity contribution >= 4 is 23.2 Å². The fourth-order valence-corrected chi connectivity index (χ4v) is 2.23. The first-order chi connectivity index (χ1) is 9.64. The maximum absolute atomic E-state index is 12.1. The molecule has 0 fully saturated rings. The van der Waals surface area contributed by atoms with Crippen LogP contribution in [0.2, 0.25) is 5.02 Å². The summed E-state index contributed by atoms with van der Waals surface area (Å²) in [5.74, 6) is -0.460. The normalized spacial score (nSPS) is 12.8. The first-order valence-electron chi connectivity index (χ1n) is 6.49. The lowest BCUT2D eigenvalue weighted by Crippen LogP contribution is -2.40. The minimum Gasteiger partial charge on any atom is -0.394 e. The van der Waals surface area contributed by atoms with Gasteiger partial charge in [0.25, 0.3) is 11.6 Å². The minimum atomic E-state index is -0.580. The van der Waals surface area contributed by atoms with Gasteiger partial charge in [0.15, 0.2) is 0 Å². The monoisotopic (exact) mass is 314 g/mol. The number of aliphatic hydroxyl groups excluding tert-OH is 1. The third-order valence-electron chi connectivity index (χ3n) is 2.82. The van der Waals surface area contributed by atoms with Crippen LogP contribution >= 0.6 is 11.6 Å². The molecule has 0 bridgehead atoms. The van der Waals surface area contributed by atoms with Gasteiger partial charge >= 0.3 is 0 Å². The van der Waals surface area contributed by atoms with Crippen molar-refractivity contribution in [3.63, 3.8) is 0 Å². The van der Waals surface area contributed by atoms with Crippen LogP contribution < -0.4 is 5.32 Å². The highest BCUT2D eigenvalue weighted by molar-refractivity contribution is 6.34. The Hall–Kier alpha value is -1.66. The van der Waals surface area contributed by atoms with Crippen molar-refractivity contribution in [2.24, 2.45) is 5.41 Å². The number of nitro benzene ring substituents is 1. The lowest BCUT2D eigenvalue weighted by molar-refractivity contribution is -0.384. The Balaban J connectivity index is 2.86. The lowest BCUT2D eigenvalue weighted by atomic mass is 9.88. The molecule has 116 valence electrons. The van der Waals surface area contributed by atoms with Crippen molar-refractivity contribution in [2.45, 2.75) is 33.2 Å². The van der Waals surface area contributed by atoms with Crippen LogP contribution in [0, 0.1) is 15.5 Å². The summed E-state index contributed by atoms with van der Waals surface area (Å²) >= 11 is 5.90.